The molecule has 19 heavy (non-hydrogen) atoms. The van der Waals surface area contributed by atoms with Crippen LogP contribution in [0.2, 0.25) is 0 Å². The summed E-state index contributed by atoms with van der Waals surface area (Å²) >= 11 is 0. The minimum Gasteiger partial charge on any atom is -0.482 e. The van der Waals surface area contributed by atoms with Crippen LogP contribution in [0.25, 0.3) is 0 Å². The van der Waals surface area contributed by atoms with Gasteiger partial charge in [-0.3, -0.25) is 4.79 Å². The average Bonchev–Trinajstić information content (AvgIpc) is 2.36. The number of nitrogens with one attached hydrogen (secondary N) is 1. The highest BCUT2D eigenvalue weighted by atomic mass is 19.1. The molecule has 1 aromatic rings. The number of halogens is 1. The van der Waals surface area contributed by atoms with E-state index in [4.69, 9.17) is 14.7 Å². The first-order chi connectivity index (χ1) is 9.08. The van der Waals surface area contributed by atoms with Crippen molar-refractivity contribution in [2.75, 3.05) is 20.3 Å². The predicted octanol–water partition coefficient (Wildman–Crippen LogP) is 1.23. The van der Waals surface area contributed by atoms with Crippen LogP contribution in [0.3, 0.4) is 0 Å². The molecule has 0 aliphatic rings. The zero-order valence-corrected chi connectivity index (χ0v) is 10.8. The van der Waals surface area contributed by atoms with Crippen LogP contribution in [0.15, 0.2) is 18.2 Å². The largest absolute Gasteiger partial charge is 0.482 e. The topological polar surface area (TPSA) is 71.3 Å². The van der Waals surface area contributed by atoms with Gasteiger partial charge in [-0.05, 0) is 19.1 Å². The lowest BCUT2D eigenvalue weighted by atomic mass is 10.2. The van der Waals surface area contributed by atoms with Crippen LogP contribution in [-0.2, 0) is 9.53 Å². The molecular formula is C13H15FN2O3. The third-order valence-electron chi connectivity index (χ3n) is 2.27. The van der Waals surface area contributed by atoms with Gasteiger partial charge in [-0.25, -0.2) is 4.39 Å². The van der Waals surface area contributed by atoms with E-state index in [9.17, 15) is 9.18 Å². The molecule has 0 heterocycles. The van der Waals surface area contributed by atoms with Crippen molar-refractivity contribution in [2.45, 2.75) is 13.0 Å². The molecule has 0 fully saturated rings. The van der Waals surface area contributed by atoms with Gasteiger partial charge in [-0.15, -0.1) is 0 Å². The Morgan fingerprint density at radius 1 is 1.58 bits per heavy atom. The van der Waals surface area contributed by atoms with E-state index in [2.05, 4.69) is 5.32 Å². The number of hydrogen-bond acceptors (Lipinski definition) is 4. The molecule has 1 unspecified atom stereocenters. The summed E-state index contributed by atoms with van der Waals surface area (Å²) in [7, 11) is 1.53. The van der Waals surface area contributed by atoms with E-state index < -0.39 is 5.82 Å². The molecule has 1 atom stereocenters. The maximum atomic E-state index is 13.3. The molecule has 0 radical (unpaired) electrons. The van der Waals surface area contributed by atoms with Crippen LogP contribution in [0.4, 0.5) is 4.39 Å². The van der Waals surface area contributed by atoms with Gasteiger partial charge >= 0.3 is 0 Å². The highest BCUT2D eigenvalue weighted by molar-refractivity contribution is 5.77. The summed E-state index contributed by atoms with van der Waals surface area (Å²) in [6.45, 7) is 1.88. The minimum atomic E-state index is -0.673. The Labute approximate surface area is 110 Å². The zero-order valence-electron chi connectivity index (χ0n) is 10.8. The fourth-order valence-electron chi connectivity index (χ4n) is 1.48. The van der Waals surface area contributed by atoms with Crippen molar-refractivity contribution in [1.29, 1.82) is 5.26 Å². The van der Waals surface area contributed by atoms with E-state index in [1.54, 1.807) is 13.0 Å². The molecule has 6 heteroatoms. The number of carbonyl (C=O) groups is 1. The quantitative estimate of drug-likeness (QED) is 0.840. The second-order valence-corrected chi connectivity index (χ2v) is 3.94. The van der Waals surface area contributed by atoms with Crippen LogP contribution in [0.1, 0.15) is 12.5 Å². The van der Waals surface area contributed by atoms with Crippen molar-refractivity contribution in [1.82, 2.24) is 5.32 Å². The van der Waals surface area contributed by atoms with Crippen molar-refractivity contribution in [3.8, 4) is 11.8 Å². The fraction of sp³-hybridized carbons (Fsp3) is 0.385. The summed E-state index contributed by atoms with van der Waals surface area (Å²) in [6, 6.07) is 5.56. The Kier molecular flexibility index (Phi) is 5.76. The number of nitriles is 1. The number of amides is 1. The number of hydrogen-bond donors (Lipinski definition) is 1. The molecule has 0 aliphatic carbocycles. The standard InChI is InChI=1S/C13H15FN2O3/c1-9(7-18-2)16-13(17)8-19-12-5-3-4-11(14)10(12)6-15/h3-5,9H,7-8H2,1-2H3,(H,16,17). The van der Waals surface area contributed by atoms with E-state index in [1.165, 1.54) is 19.2 Å². The number of ether oxygens (including phenoxy) is 2. The fourth-order valence-corrected chi connectivity index (χ4v) is 1.48. The number of benzene rings is 1. The van der Waals surface area contributed by atoms with Gasteiger partial charge in [0.05, 0.1) is 6.61 Å². The molecule has 1 amide bonds. The first-order valence-corrected chi connectivity index (χ1v) is 5.68. The van der Waals surface area contributed by atoms with Gasteiger partial charge in [0.15, 0.2) is 6.61 Å². The Morgan fingerprint density at radius 2 is 2.32 bits per heavy atom. The van der Waals surface area contributed by atoms with Gasteiger partial charge in [0, 0.05) is 13.2 Å². The summed E-state index contributed by atoms with van der Waals surface area (Å²) in [4.78, 5) is 11.5. The highest BCUT2D eigenvalue weighted by Gasteiger charge is 2.12. The van der Waals surface area contributed by atoms with Crippen molar-refractivity contribution >= 4 is 5.91 Å². The van der Waals surface area contributed by atoms with E-state index in [0.717, 1.165) is 6.07 Å². The lowest BCUT2D eigenvalue weighted by molar-refractivity contribution is -0.124. The van der Waals surface area contributed by atoms with Crippen molar-refractivity contribution < 1.29 is 18.7 Å². The first-order valence-electron chi connectivity index (χ1n) is 5.68. The Balaban J connectivity index is 2.56. The normalized spacial score (nSPS) is 11.5. The number of nitrogens with zero attached hydrogens (tertiary/aromatic N) is 1. The molecule has 1 aromatic carbocycles. The third-order valence-corrected chi connectivity index (χ3v) is 2.27. The number of methoxy groups -OCH3 is 1. The summed E-state index contributed by atoms with van der Waals surface area (Å²) in [5, 5.41) is 11.4. The van der Waals surface area contributed by atoms with E-state index in [0.29, 0.717) is 6.61 Å². The molecule has 5 nitrogen and oxygen atoms in total. The Bertz CT molecular complexity index is 485. The number of rotatable bonds is 6. The zero-order chi connectivity index (χ0) is 14.3. The van der Waals surface area contributed by atoms with Gasteiger partial charge in [0.1, 0.15) is 23.2 Å². The molecule has 1 rings (SSSR count). The van der Waals surface area contributed by atoms with Crippen LogP contribution < -0.4 is 10.1 Å². The number of carbonyl (C=O) groups excluding carboxylic acids is 1. The second kappa shape index (κ2) is 7.34. The monoisotopic (exact) mass is 266 g/mol. The van der Waals surface area contributed by atoms with Gasteiger partial charge in [0.25, 0.3) is 5.91 Å². The maximum Gasteiger partial charge on any atom is 0.258 e. The van der Waals surface area contributed by atoms with Crippen LogP contribution in [0.5, 0.6) is 5.75 Å². The van der Waals surface area contributed by atoms with Crippen molar-refractivity contribution in [3.05, 3.63) is 29.6 Å². The van der Waals surface area contributed by atoms with Crippen molar-refractivity contribution in [3.63, 3.8) is 0 Å². The van der Waals surface area contributed by atoms with E-state index in [-0.39, 0.29) is 29.9 Å². The average molecular weight is 266 g/mol. The summed E-state index contributed by atoms with van der Waals surface area (Å²) in [5.74, 6) is -0.983. The SMILES string of the molecule is COCC(C)NC(=O)COc1cccc(F)c1C#N. The third kappa shape index (κ3) is 4.56. The predicted molar refractivity (Wildman–Crippen MR) is 66.1 cm³/mol. The van der Waals surface area contributed by atoms with E-state index in [1.807, 2.05) is 0 Å². The lowest BCUT2D eigenvalue weighted by Gasteiger charge is -2.13. The van der Waals surface area contributed by atoms with Crippen molar-refractivity contribution in [2.24, 2.45) is 0 Å². The molecule has 0 saturated heterocycles. The molecule has 0 aromatic heterocycles. The Hall–Kier alpha value is -2.13. The molecule has 1 N–H and O–H groups in total. The Morgan fingerprint density at radius 3 is 2.95 bits per heavy atom. The minimum absolute atomic E-state index is 0.0528. The smallest absolute Gasteiger partial charge is 0.258 e. The van der Waals surface area contributed by atoms with Gasteiger partial charge < -0.3 is 14.8 Å². The molecule has 0 spiro atoms. The lowest BCUT2D eigenvalue weighted by Crippen LogP contribution is -2.38. The molecule has 0 bridgehead atoms. The molecule has 0 saturated carbocycles. The molecular weight excluding hydrogens is 251 g/mol. The van der Waals surface area contributed by atoms with Gasteiger partial charge in [-0.1, -0.05) is 6.07 Å². The summed E-state index contributed by atoms with van der Waals surface area (Å²) in [5.41, 5.74) is -0.208. The highest BCUT2D eigenvalue weighted by Crippen LogP contribution is 2.19. The summed E-state index contributed by atoms with van der Waals surface area (Å²) in [6.07, 6.45) is 0. The van der Waals surface area contributed by atoms with Crippen LogP contribution in [-0.4, -0.2) is 32.3 Å². The van der Waals surface area contributed by atoms with E-state index >= 15 is 0 Å². The van der Waals surface area contributed by atoms with Gasteiger partial charge in [0.2, 0.25) is 0 Å². The summed E-state index contributed by atoms with van der Waals surface area (Å²) < 4.78 is 23.3. The van der Waals surface area contributed by atoms with Gasteiger partial charge in [-0.2, -0.15) is 5.26 Å². The van der Waals surface area contributed by atoms with Crippen LogP contribution in [0, 0.1) is 17.1 Å². The van der Waals surface area contributed by atoms with Crippen LogP contribution >= 0.6 is 0 Å². The maximum absolute atomic E-state index is 13.3. The molecule has 102 valence electrons. The molecule has 0 aliphatic heterocycles. The second-order valence-electron chi connectivity index (χ2n) is 3.94. The first kappa shape index (κ1) is 14.9.